The molecule has 5 nitrogen and oxygen atoms in total. The van der Waals surface area contributed by atoms with Gasteiger partial charge in [-0.3, -0.25) is 9.59 Å². The molecule has 4 rings (SSSR count). The van der Waals surface area contributed by atoms with Gasteiger partial charge in [0.25, 0.3) is 5.56 Å². The molecule has 3 aromatic rings. The van der Waals surface area contributed by atoms with Crippen LogP contribution in [0.25, 0.3) is 22.0 Å². The van der Waals surface area contributed by atoms with Crippen LogP contribution in [0.5, 0.6) is 0 Å². The average molecular weight is 450 g/mol. The Morgan fingerprint density at radius 1 is 0.970 bits per heavy atom. The summed E-state index contributed by atoms with van der Waals surface area (Å²) in [6.45, 7) is 11.3. The van der Waals surface area contributed by atoms with Gasteiger partial charge >= 0.3 is 5.97 Å². The van der Waals surface area contributed by atoms with Crippen molar-refractivity contribution in [3.8, 4) is 11.1 Å². The zero-order chi connectivity index (χ0) is 24.5. The fourth-order valence-electron chi connectivity index (χ4n) is 4.70. The van der Waals surface area contributed by atoms with Gasteiger partial charge in [0.05, 0.1) is 17.5 Å². The third-order valence-electron chi connectivity index (χ3n) is 6.08. The summed E-state index contributed by atoms with van der Waals surface area (Å²) in [5, 5.41) is 19.2. The van der Waals surface area contributed by atoms with Crippen LogP contribution in [-0.4, -0.2) is 26.8 Å². The van der Waals surface area contributed by atoms with Crippen LogP contribution in [0, 0.1) is 20.8 Å². The van der Waals surface area contributed by atoms with Crippen LogP contribution in [0.15, 0.2) is 29.1 Å². The van der Waals surface area contributed by atoms with Gasteiger partial charge in [0.1, 0.15) is 0 Å². The first-order chi connectivity index (χ1) is 15.4. The second-order valence-corrected chi connectivity index (χ2v) is 10.1. The predicted octanol–water partition coefficient (Wildman–Crippen LogP) is 5.40. The summed E-state index contributed by atoms with van der Waals surface area (Å²) >= 11 is 0. The van der Waals surface area contributed by atoms with Crippen LogP contribution < -0.4 is 5.56 Å². The van der Waals surface area contributed by atoms with Crippen molar-refractivity contribution < 1.29 is 15.0 Å². The second-order valence-electron chi connectivity index (χ2n) is 10.1. The molecule has 0 aliphatic heterocycles. The topological polar surface area (TPSA) is 90.4 Å². The number of hydrogen-bond donors (Lipinski definition) is 3. The molecule has 0 amide bonds. The molecule has 0 saturated heterocycles. The number of carboxylic acids is 1. The molecule has 0 saturated carbocycles. The minimum absolute atomic E-state index is 0.0194. The number of aromatic nitrogens is 1. The summed E-state index contributed by atoms with van der Waals surface area (Å²) in [5.41, 5.74) is 8.24. The summed E-state index contributed by atoms with van der Waals surface area (Å²) in [6, 6.07) is 8.24. The molecule has 2 aromatic carbocycles. The summed E-state index contributed by atoms with van der Waals surface area (Å²) in [6.07, 6.45) is 3.78. The molecule has 0 unspecified atom stereocenters. The Kier molecular flexibility index (Phi) is 7.13. The molecular formula is C28H35NO4. The molecule has 0 atom stereocenters. The normalized spacial score (nSPS) is 13.3. The summed E-state index contributed by atoms with van der Waals surface area (Å²) in [4.78, 5) is 27.4. The lowest BCUT2D eigenvalue weighted by atomic mass is 9.82. The van der Waals surface area contributed by atoms with Crippen molar-refractivity contribution >= 4 is 16.9 Å². The lowest BCUT2D eigenvalue weighted by Crippen LogP contribution is -2.21. The van der Waals surface area contributed by atoms with Crippen molar-refractivity contribution in [2.24, 2.45) is 0 Å². The standard InChI is InChI=1S/C24H25NO3.C4H10O/c1-13-8-10-16(11-9-13)21-15(3)22-17-6-4-5-7-18(17)24(28)25-23(22)14(2)19(21)12-20(26)27;1-4(2,3)5/h8-11H,4-7,12H2,1-3H3,(H,25,28)(H,26,27);5H,1-3H3. The van der Waals surface area contributed by atoms with Gasteiger partial charge in [-0.05, 0) is 101 Å². The average Bonchev–Trinajstić information content (AvgIpc) is 2.71. The van der Waals surface area contributed by atoms with Gasteiger partial charge in [0.2, 0.25) is 0 Å². The maximum absolute atomic E-state index is 12.7. The number of pyridine rings is 1. The molecular weight excluding hydrogens is 414 g/mol. The molecule has 1 aromatic heterocycles. The molecule has 1 heterocycles. The number of aromatic amines is 1. The highest BCUT2D eigenvalue weighted by Gasteiger charge is 2.24. The molecule has 0 fully saturated rings. The fourth-order valence-corrected chi connectivity index (χ4v) is 4.70. The molecule has 0 bridgehead atoms. The smallest absolute Gasteiger partial charge is 0.307 e. The van der Waals surface area contributed by atoms with Gasteiger partial charge in [-0.25, -0.2) is 0 Å². The molecule has 176 valence electrons. The molecule has 1 aliphatic carbocycles. The molecule has 33 heavy (non-hydrogen) atoms. The fraction of sp³-hybridized carbons (Fsp3) is 0.429. The maximum atomic E-state index is 12.7. The minimum Gasteiger partial charge on any atom is -0.481 e. The van der Waals surface area contributed by atoms with Crippen LogP contribution in [0.1, 0.15) is 67.0 Å². The highest BCUT2D eigenvalue weighted by atomic mass is 16.4. The van der Waals surface area contributed by atoms with E-state index in [0.717, 1.165) is 75.5 Å². The summed E-state index contributed by atoms with van der Waals surface area (Å²) < 4.78 is 0. The first-order valence-corrected chi connectivity index (χ1v) is 11.6. The van der Waals surface area contributed by atoms with Crippen LogP contribution >= 0.6 is 0 Å². The van der Waals surface area contributed by atoms with Crippen LogP contribution in [0.2, 0.25) is 0 Å². The monoisotopic (exact) mass is 449 g/mol. The number of benzene rings is 2. The Morgan fingerprint density at radius 2 is 1.52 bits per heavy atom. The van der Waals surface area contributed by atoms with Crippen molar-refractivity contribution in [1.82, 2.24) is 4.98 Å². The lowest BCUT2D eigenvalue weighted by Gasteiger charge is -2.24. The van der Waals surface area contributed by atoms with E-state index < -0.39 is 11.6 Å². The van der Waals surface area contributed by atoms with Crippen molar-refractivity contribution in [3.63, 3.8) is 0 Å². The Morgan fingerprint density at radius 3 is 2.06 bits per heavy atom. The van der Waals surface area contributed by atoms with Crippen LogP contribution in [0.4, 0.5) is 0 Å². The van der Waals surface area contributed by atoms with E-state index in [1.807, 2.05) is 13.8 Å². The number of carbonyl (C=O) groups is 1. The Labute approximate surface area is 195 Å². The van der Waals surface area contributed by atoms with Gasteiger partial charge in [-0.15, -0.1) is 0 Å². The number of fused-ring (bicyclic) bond motifs is 3. The van der Waals surface area contributed by atoms with Crippen molar-refractivity contribution in [2.75, 3.05) is 0 Å². The molecule has 3 N–H and O–H groups in total. The first-order valence-electron chi connectivity index (χ1n) is 11.6. The number of aliphatic carboxylic acids is 1. The number of rotatable bonds is 3. The predicted molar refractivity (Wildman–Crippen MR) is 134 cm³/mol. The van der Waals surface area contributed by atoms with Crippen LogP contribution in [0.3, 0.4) is 0 Å². The molecule has 1 aliphatic rings. The van der Waals surface area contributed by atoms with Crippen molar-refractivity contribution in [3.05, 3.63) is 68.0 Å². The van der Waals surface area contributed by atoms with Crippen molar-refractivity contribution in [1.29, 1.82) is 0 Å². The third kappa shape index (κ3) is 5.53. The largest absolute Gasteiger partial charge is 0.481 e. The molecule has 0 radical (unpaired) electrons. The maximum Gasteiger partial charge on any atom is 0.307 e. The number of H-pyrrole nitrogens is 1. The van der Waals surface area contributed by atoms with Gasteiger partial charge in [0, 0.05) is 10.9 Å². The summed E-state index contributed by atoms with van der Waals surface area (Å²) in [5.74, 6) is -0.865. The quantitative estimate of drug-likeness (QED) is 0.499. The zero-order valence-corrected chi connectivity index (χ0v) is 20.6. The number of hydrogen-bond acceptors (Lipinski definition) is 3. The number of carboxylic acid groups (broad SMARTS) is 1. The van der Waals surface area contributed by atoms with Crippen LogP contribution in [-0.2, 0) is 24.1 Å². The Bertz CT molecular complexity index is 1240. The van der Waals surface area contributed by atoms with E-state index in [1.165, 1.54) is 5.56 Å². The van der Waals surface area contributed by atoms with Gasteiger partial charge < -0.3 is 15.2 Å². The van der Waals surface area contributed by atoms with Gasteiger partial charge in [-0.2, -0.15) is 0 Å². The minimum atomic E-state index is -0.865. The Balaban J connectivity index is 0.000000555. The summed E-state index contributed by atoms with van der Waals surface area (Å²) in [7, 11) is 0. The van der Waals surface area contributed by atoms with E-state index in [-0.39, 0.29) is 12.0 Å². The SMILES string of the molecule is CC(C)(C)O.Cc1ccc(-c2c(CC(=O)O)c(C)c3[nH]c(=O)c4c(c3c2C)CCCC4)cc1. The second kappa shape index (κ2) is 9.52. The highest BCUT2D eigenvalue weighted by molar-refractivity contribution is 5.97. The molecule has 0 spiro atoms. The van der Waals surface area contributed by atoms with E-state index in [0.29, 0.717) is 0 Å². The first kappa shape index (κ1) is 24.7. The number of aryl methyl sites for hydroxylation is 4. The van der Waals surface area contributed by atoms with Gasteiger partial charge in [0.15, 0.2) is 0 Å². The number of nitrogens with one attached hydrogen (secondary N) is 1. The van der Waals surface area contributed by atoms with Crippen molar-refractivity contribution in [2.45, 2.75) is 79.2 Å². The Hall–Kier alpha value is -2.92. The van der Waals surface area contributed by atoms with E-state index in [4.69, 9.17) is 5.11 Å². The molecule has 5 heteroatoms. The third-order valence-corrected chi connectivity index (χ3v) is 6.08. The van der Waals surface area contributed by atoms with E-state index >= 15 is 0 Å². The lowest BCUT2D eigenvalue weighted by molar-refractivity contribution is -0.136. The number of aliphatic hydroxyl groups is 1. The van der Waals surface area contributed by atoms with E-state index in [9.17, 15) is 14.7 Å². The highest BCUT2D eigenvalue weighted by Crippen LogP contribution is 2.39. The van der Waals surface area contributed by atoms with E-state index in [1.54, 1.807) is 20.8 Å². The van der Waals surface area contributed by atoms with E-state index in [2.05, 4.69) is 36.2 Å². The van der Waals surface area contributed by atoms with Gasteiger partial charge in [-0.1, -0.05) is 29.8 Å². The zero-order valence-electron chi connectivity index (χ0n) is 20.6.